The molecule has 2 amide bonds. The van der Waals surface area contributed by atoms with Crippen molar-refractivity contribution in [1.82, 2.24) is 10.2 Å². The van der Waals surface area contributed by atoms with Gasteiger partial charge in [-0.3, -0.25) is 9.69 Å². The molecule has 2 aromatic carbocycles. The number of hydrogen-bond donors (Lipinski definition) is 2. The summed E-state index contributed by atoms with van der Waals surface area (Å²) in [7, 11) is 1.57. The molecule has 0 radical (unpaired) electrons. The molecular weight excluding hydrogens is 336 g/mol. The predicted molar refractivity (Wildman–Crippen MR) is 93.6 cm³/mol. The fourth-order valence-electron chi connectivity index (χ4n) is 2.79. The van der Waals surface area contributed by atoms with E-state index in [-0.39, 0.29) is 24.8 Å². The number of nitrogens with zero attached hydrogens (tertiary/aromatic N) is 1. The number of carbonyl (C=O) groups excluding carboxylic acids is 2. The van der Waals surface area contributed by atoms with Gasteiger partial charge in [0.2, 0.25) is 5.91 Å². The maximum Gasteiger partial charge on any atom is 0.410 e. The van der Waals surface area contributed by atoms with E-state index < -0.39 is 12.1 Å². The monoisotopic (exact) mass is 356 g/mol. The second-order valence-electron chi connectivity index (χ2n) is 5.92. The zero-order chi connectivity index (χ0) is 18.5. The van der Waals surface area contributed by atoms with Gasteiger partial charge in [0.1, 0.15) is 24.1 Å². The van der Waals surface area contributed by atoms with E-state index in [2.05, 4.69) is 5.32 Å². The normalized spacial score (nSPS) is 16.3. The number of aromatic hydroxyl groups is 1. The van der Waals surface area contributed by atoms with Crippen LogP contribution in [-0.2, 0) is 22.6 Å². The summed E-state index contributed by atoms with van der Waals surface area (Å²) in [6.07, 6.45) is -0.532. The lowest BCUT2D eigenvalue weighted by Crippen LogP contribution is -2.45. The third kappa shape index (κ3) is 3.88. The van der Waals surface area contributed by atoms with Crippen molar-refractivity contribution in [3.63, 3.8) is 0 Å². The quantitative estimate of drug-likeness (QED) is 0.827. The molecule has 0 aromatic heterocycles. The molecule has 0 unspecified atom stereocenters. The van der Waals surface area contributed by atoms with E-state index >= 15 is 0 Å². The zero-order valence-electron chi connectivity index (χ0n) is 14.3. The fraction of sp³-hybridized carbons (Fsp3) is 0.263. The average Bonchev–Trinajstić information content (AvgIpc) is 3.02. The Morgan fingerprint density at radius 2 is 2.00 bits per heavy atom. The second kappa shape index (κ2) is 7.77. The van der Waals surface area contributed by atoms with Gasteiger partial charge in [0, 0.05) is 12.1 Å². The third-order valence-electron chi connectivity index (χ3n) is 4.21. The van der Waals surface area contributed by atoms with E-state index in [1.165, 1.54) is 17.0 Å². The van der Waals surface area contributed by atoms with Crippen LogP contribution >= 0.6 is 0 Å². The number of cyclic esters (lactones) is 1. The predicted octanol–water partition coefficient (Wildman–Crippen LogP) is 2.04. The molecule has 1 heterocycles. The molecule has 2 aromatic rings. The van der Waals surface area contributed by atoms with Crippen LogP contribution in [0.2, 0.25) is 0 Å². The number of carbonyl (C=O) groups is 2. The molecule has 7 heteroatoms. The van der Waals surface area contributed by atoms with Gasteiger partial charge in [-0.1, -0.05) is 30.3 Å². The lowest BCUT2D eigenvalue weighted by atomic mass is 10.1. The first-order valence-electron chi connectivity index (χ1n) is 8.19. The summed E-state index contributed by atoms with van der Waals surface area (Å²) >= 11 is 0. The molecule has 1 fully saturated rings. The molecule has 26 heavy (non-hydrogen) atoms. The van der Waals surface area contributed by atoms with Crippen molar-refractivity contribution in [3.8, 4) is 11.5 Å². The van der Waals surface area contributed by atoms with Crippen LogP contribution in [-0.4, -0.2) is 41.8 Å². The molecule has 0 spiro atoms. The van der Waals surface area contributed by atoms with Crippen molar-refractivity contribution < 1.29 is 24.2 Å². The van der Waals surface area contributed by atoms with Crippen LogP contribution in [0.4, 0.5) is 4.79 Å². The van der Waals surface area contributed by atoms with E-state index in [9.17, 15) is 14.7 Å². The first kappa shape index (κ1) is 17.6. The highest BCUT2D eigenvalue weighted by Gasteiger charge is 2.37. The van der Waals surface area contributed by atoms with Crippen LogP contribution in [0.5, 0.6) is 11.5 Å². The van der Waals surface area contributed by atoms with Gasteiger partial charge in [0.25, 0.3) is 0 Å². The molecule has 1 saturated heterocycles. The van der Waals surface area contributed by atoms with Gasteiger partial charge in [-0.25, -0.2) is 4.79 Å². The zero-order valence-corrected chi connectivity index (χ0v) is 14.3. The molecule has 1 aliphatic rings. The highest BCUT2D eigenvalue weighted by atomic mass is 16.6. The standard InChI is InChI=1S/C19H20N2O5/c1-25-17-5-3-2-4-14(17)10-20-18(23)16-12-26-19(24)21(16)11-13-6-8-15(22)9-7-13/h2-9,16,22H,10-12H2,1H3,(H,20,23)/t16-/m0/s1. The van der Waals surface area contributed by atoms with Crippen molar-refractivity contribution in [2.24, 2.45) is 0 Å². The molecule has 1 aliphatic heterocycles. The Kier molecular flexibility index (Phi) is 5.26. The summed E-state index contributed by atoms with van der Waals surface area (Å²) in [5.74, 6) is 0.539. The Labute approximate surface area is 151 Å². The lowest BCUT2D eigenvalue weighted by Gasteiger charge is -2.21. The van der Waals surface area contributed by atoms with E-state index in [4.69, 9.17) is 9.47 Å². The van der Waals surface area contributed by atoms with Crippen LogP contribution in [0.1, 0.15) is 11.1 Å². The number of phenols is 1. The van der Waals surface area contributed by atoms with Crippen molar-refractivity contribution in [2.45, 2.75) is 19.1 Å². The SMILES string of the molecule is COc1ccccc1CNC(=O)[C@@H]1COC(=O)N1Cc1ccc(O)cc1. The Bertz CT molecular complexity index is 791. The Hall–Kier alpha value is -3.22. The van der Waals surface area contributed by atoms with E-state index in [1.807, 2.05) is 24.3 Å². The van der Waals surface area contributed by atoms with Gasteiger partial charge in [0.15, 0.2) is 0 Å². The minimum Gasteiger partial charge on any atom is -0.508 e. The fourth-order valence-corrected chi connectivity index (χ4v) is 2.79. The average molecular weight is 356 g/mol. The number of para-hydroxylation sites is 1. The number of benzene rings is 2. The summed E-state index contributed by atoms with van der Waals surface area (Å²) in [5.41, 5.74) is 1.64. The molecule has 7 nitrogen and oxygen atoms in total. The van der Waals surface area contributed by atoms with Crippen LogP contribution < -0.4 is 10.1 Å². The van der Waals surface area contributed by atoms with Crippen molar-refractivity contribution in [2.75, 3.05) is 13.7 Å². The van der Waals surface area contributed by atoms with Crippen LogP contribution in [0.15, 0.2) is 48.5 Å². The van der Waals surface area contributed by atoms with Crippen LogP contribution in [0.3, 0.4) is 0 Å². The largest absolute Gasteiger partial charge is 0.508 e. The molecule has 0 bridgehead atoms. The molecule has 1 atom stereocenters. The van der Waals surface area contributed by atoms with E-state index in [0.29, 0.717) is 12.3 Å². The summed E-state index contributed by atoms with van der Waals surface area (Å²) < 4.78 is 10.3. The van der Waals surface area contributed by atoms with Crippen molar-refractivity contribution in [1.29, 1.82) is 0 Å². The summed E-state index contributed by atoms with van der Waals surface area (Å²) in [4.78, 5) is 25.9. The van der Waals surface area contributed by atoms with Gasteiger partial charge in [-0.2, -0.15) is 0 Å². The highest BCUT2D eigenvalue weighted by Crippen LogP contribution is 2.20. The molecule has 136 valence electrons. The molecular formula is C19H20N2O5. The Morgan fingerprint density at radius 3 is 2.73 bits per heavy atom. The number of hydrogen-bond acceptors (Lipinski definition) is 5. The van der Waals surface area contributed by atoms with E-state index in [0.717, 1.165) is 11.1 Å². The number of nitrogens with one attached hydrogen (secondary N) is 1. The number of methoxy groups -OCH3 is 1. The van der Waals surface area contributed by atoms with Crippen LogP contribution in [0.25, 0.3) is 0 Å². The number of ether oxygens (including phenoxy) is 2. The smallest absolute Gasteiger partial charge is 0.410 e. The summed E-state index contributed by atoms with van der Waals surface area (Å²) in [6, 6.07) is 13.2. The minimum absolute atomic E-state index is 0.00861. The van der Waals surface area contributed by atoms with Gasteiger partial charge >= 0.3 is 6.09 Å². The number of amides is 2. The van der Waals surface area contributed by atoms with Gasteiger partial charge in [0.05, 0.1) is 13.7 Å². The van der Waals surface area contributed by atoms with Gasteiger partial charge < -0.3 is 19.9 Å². The topological polar surface area (TPSA) is 88.1 Å². The molecule has 2 N–H and O–H groups in total. The minimum atomic E-state index is -0.703. The third-order valence-corrected chi connectivity index (χ3v) is 4.21. The molecule has 0 saturated carbocycles. The van der Waals surface area contributed by atoms with Crippen molar-refractivity contribution in [3.05, 3.63) is 59.7 Å². The first-order chi connectivity index (χ1) is 12.6. The second-order valence-corrected chi connectivity index (χ2v) is 5.92. The lowest BCUT2D eigenvalue weighted by molar-refractivity contribution is -0.125. The Balaban J connectivity index is 1.65. The maximum absolute atomic E-state index is 12.6. The van der Waals surface area contributed by atoms with E-state index in [1.54, 1.807) is 19.2 Å². The first-order valence-corrected chi connectivity index (χ1v) is 8.19. The highest BCUT2D eigenvalue weighted by molar-refractivity contribution is 5.87. The number of phenolic OH excluding ortho intramolecular Hbond substituents is 1. The Morgan fingerprint density at radius 1 is 1.27 bits per heavy atom. The van der Waals surface area contributed by atoms with Crippen molar-refractivity contribution >= 4 is 12.0 Å². The maximum atomic E-state index is 12.6. The molecule has 3 rings (SSSR count). The number of rotatable bonds is 6. The summed E-state index contributed by atoms with van der Waals surface area (Å²) in [5, 5.41) is 12.2. The van der Waals surface area contributed by atoms with Gasteiger partial charge in [-0.15, -0.1) is 0 Å². The summed E-state index contributed by atoms with van der Waals surface area (Å²) in [6.45, 7) is 0.529. The van der Waals surface area contributed by atoms with Crippen LogP contribution in [0, 0.1) is 0 Å². The molecule has 0 aliphatic carbocycles. The van der Waals surface area contributed by atoms with Gasteiger partial charge in [-0.05, 0) is 23.8 Å².